The van der Waals surface area contributed by atoms with Crippen molar-refractivity contribution in [3.8, 4) is 5.75 Å². The van der Waals surface area contributed by atoms with Gasteiger partial charge in [-0.25, -0.2) is 0 Å². The summed E-state index contributed by atoms with van der Waals surface area (Å²) in [7, 11) is 1.69. The first kappa shape index (κ1) is 11.5. The molecule has 2 heteroatoms. The van der Waals surface area contributed by atoms with Crippen molar-refractivity contribution in [3.63, 3.8) is 0 Å². The molecule has 1 unspecified atom stereocenters. The van der Waals surface area contributed by atoms with Crippen molar-refractivity contribution in [1.82, 2.24) is 0 Å². The van der Waals surface area contributed by atoms with E-state index in [2.05, 4.69) is 59.0 Å². The number of ether oxygens (including phenoxy) is 1. The van der Waals surface area contributed by atoms with Gasteiger partial charge in [0.25, 0.3) is 0 Å². The molecular formula is C14H13IO. The second-order valence-corrected chi connectivity index (χ2v) is 4.79. The minimum Gasteiger partial charge on any atom is -0.497 e. The molecular weight excluding hydrogens is 311 g/mol. The smallest absolute Gasteiger partial charge is 0.118 e. The van der Waals surface area contributed by atoms with Crippen molar-refractivity contribution in [3.05, 3.63) is 65.7 Å². The summed E-state index contributed by atoms with van der Waals surface area (Å²) < 4.78 is 5.55. The number of benzene rings is 2. The highest BCUT2D eigenvalue weighted by Gasteiger charge is 2.09. The van der Waals surface area contributed by atoms with E-state index in [1.807, 2.05) is 18.2 Å². The lowest BCUT2D eigenvalue weighted by molar-refractivity contribution is 0.414. The summed E-state index contributed by atoms with van der Waals surface area (Å²) in [6.07, 6.45) is 0. The molecule has 0 aliphatic carbocycles. The van der Waals surface area contributed by atoms with Gasteiger partial charge in [-0.15, -0.1) is 0 Å². The quantitative estimate of drug-likeness (QED) is 0.607. The summed E-state index contributed by atoms with van der Waals surface area (Å²) in [5.74, 6) is 0.903. The lowest BCUT2D eigenvalue weighted by atomic mass is 10.1. The Morgan fingerprint density at radius 2 is 1.44 bits per heavy atom. The van der Waals surface area contributed by atoms with Crippen molar-refractivity contribution in [2.45, 2.75) is 3.92 Å². The zero-order valence-corrected chi connectivity index (χ0v) is 11.2. The van der Waals surface area contributed by atoms with Gasteiger partial charge >= 0.3 is 0 Å². The Kier molecular flexibility index (Phi) is 3.83. The van der Waals surface area contributed by atoms with Crippen LogP contribution >= 0.6 is 22.6 Å². The topological polar surface area (TPSA) is 9.23 Å². The third kappa shape index (κ3) is 2.55. The third-order valence-corrected chi connectivity index (χ3v) is 3.94. The molecule has 2 aromatic carbocycles. The Bertz CT molecular complexity index is 436. The Hall–Kier alpha value is -1.03. The second kappa shape index (κ2) is 5.34. The number of hydrogen-bond acceptors (Lipinski definition) is 1. The standard InChI is InChI=1S/C14H13IO/c1-16-13-9-7-12(8-10-13)14(15)11-5-3-2-4-6-11/h2-10,14H,1H3. The van der Waals surface area contributed by atoms with Crippen LogP contribution < -0.4 is 4.74 Å². The lowest BCUT2D eigenvalue weighted by Crippen LogP contribution is -1.92. The summed E-state index contributed by atoms with van der Waals surface area (Å²) in [4.78, 5) is 0. The van der Waals surface area contributed by atoms with Gasteiger partial charge in [-0.2, -0.15) is 0 Å². The molecule has 0 bridgehead atoms. The van der Waals surface area contributed by atoms with Gasteiger partial charge in [0.05, 0.1) is 11.0 Å². The molecule has 0 spiro atoms. The van der Waals surface area contributed by atoms with E-state index in [9.17, 15) is 0 Å². The number of alkyl halides is 1. The average Bonchev–Trinajstić information content (AvgIpc) is 2.39. The molecule has 1 atom stereocenters. The van der Waals surface area contributed by atoms with Gasteiger partial charge in [0.1, 0.15) is 5.75 Å². The molecule has 0 heterocycles. The van der Waals surface area contributed by atoms with Crippen LogP contribution in [-0.2, 0) is 0 Å². The Labute approximate surface area is 110 Å². The fourth-order valence-electron chi connectivity index (χ4n) is 1.59. The molecule has 0 saturated heterocycles. The summed E-state index contributed by atoms with van der Waals surface area (Å²) in [6, 6.07) is 18.7. The molecule has 0 radical (unpaired) electrons. The lowest BCUT2D eigenvalue weighted by Gasteiger charge is -2.11. The molecule has 0 aromatic heterocycles. The largest absolute Gasteiger partial charge is 0.497 e. The molecule has 2 rings (SSSR count). The number of hydrogen-bond donors (Lipinski definition) is 0. The fraction of sp³-hybridized carbons (Fsp3) is 0.143. The first-order valence-electron chi connectivity index (χ1n) is 5.14. The van der Waals surface area contributed by atoms with Crippen molar-refractivity contribution < 1.29 is 4.74 Å². The highest BCUT2D eigenvalue weighted by Crippen LogP contribution is 2.31. The van der Waals surface area contributed by atoms with E-state index >= 15 is 0 Å². The maximum atomic E-state index is 5.15. The summed E-state index contributed by atoms with van der Waals surface area (Å²) in [5, 5.41) is 0. The SMILES string of the molecule is COc1ccc(C(I)c2ccccc2)cc1. The van der Waals surface area contributed by atoms with Gasteiger partial charge < -0.3 is 4.74 Å². The molecule has 0 amide bonds. The highest BCUT2D eigenvalue weighted by atomic mass is 127. The van der Waals surface area contributed by atoms with E-state index in [1.54, 1.807) is 7.11 Å². The second-order valence-electron chi connectivity index (χ2n) is 3.55. The normalized spacial score (nSPS) is 12.1. The van der Waals surface area contributed by atoms with Gasteiger partial charge in [0.2, 0.25) is 0 Å². The van der Waals surface area contributed by atoms with E-state index in [-0.39, 0.29) is 0 Å². The Balaban J connectivity index is 2.24. The summed E-state index contributed by atoms with van der Waals surface area (Å²) in [6.45, 7) is 0. The maximum Gasteiger partial charge on any atom is 0.118 e. The maximum absolute atomic E-state index is 5.15. The third-order valence-electron chi connectivity index (χ3n) is 2.50. The number of halogens is 1. The predicted octanol–water partition coefficient (Wildman–Crippen LogP) is 4.22. The zero-order chi connectivity index (χ0) is 11.4. The first-order valence-corrected chi connectivity index (χ1v) is 6.39. The van der Waals surface area contributed by atoms with Crippen molar-refractivity contribution in [2.24, 2.45) is 0 Å². The van der Waals surface area contributed by atoms with Crippen LogP contribution in [0, 0.1) is 0 Å². The van der Waals surface area contributed by atoms with Gasteiger partial charge in [-0.3, -0.25) is 0 Å². The molecule has 0 saturated carbocycles. The molecule has 16 heavy (non-hydrogen) atoms. The summed E-state index contributed by atoms with van der Waals surface area (Å²) >= 11 is 2.46. The first-order chi connectivity index (χ1) is 7.81. The van der Waals surface area contributed by atoms with Crippen LogP contribution in [0.15, 0.2) is 54.6 Å². The van der Waals surface area contributed by atoms with Gasteiger partial charge in [-0.05, 0) is 23.3 Å². The molecule has 0 aliphatic heterocycles. The van der Waals surface area contributed by atoms with Crippen LogP contribution in [0.2, 0.25) is 0 Å². The minimum absolute atomic E-state index is 0.393. The summed E-state index contributed by atoms with van der Waals surface area (Å²) in [5.41, 5.74) is 2.63. The van der Waals surface area contributed by atoms with Gasteiger partial charge in [0, 0.05) is 0 Å². The van der Waals surface area contributed by atoms with E-state index in [1.165, 1.54) is 11.1 Å². The van der Waals surface area contributed by atoms with Crippen LogP contribution in [0.25, 0.3) is 0 Å². The molecule has 0 N–H and O–H groups in total. The molecule has 82 valence electrons. The van der Waals surface area contributed by atoms with E-state index in [0.717, 1.165) is 5.75 Å². The highest BCUT2D eigenvalue weighted by molar-refractivity contribution is 14.1. The van der Waals surface area contributed by atoms with Crippen molar-refractivity contribution >= 4 is 22.6 Å². The Morgan fingerprint density at radius 1 is 0.875 bits per heavy atom. The van der Waals surface area contributed by atoms with Gasteiger partial charge in [0.15, 0.2) is 0 Å². The number of rotatable bonds is 3. The van der Waals surface area contributed by atoms with E-state index in [0.29, 0.717) is 3.92 Å². The van der Waals surface area contributed by atoms with Crippen LogP contribution in [-0.4, -0.2) is 7.11 Å². The number of methoxy groups -OCH3 is 1. The zero-order valence-electron chi connectivity index (χ0n) is 9.06. The van der Waals surface area contributed by atoms with Crippen LogP contribution in [0.1, 0.15) is 15.1 Å². The van der Waals surface area contributed by atoms with Crippen molar-refractivity contribution in [2.75, 3.05) is 7.11 Å². The van der Waals surface area contributed by atoms with E-state index < -0.39 is 0 Å². The van der Waals surface area contributed by atoms with Crippen LogP contribution in [0.3, 0.4) is 0 Å². The predicted molar refractivity (Wildman–Crippen MR) is 75.3 cm³/mol. The fourth-order valence-corrected chi connectivity index (χ4v) is 2.42. The molecule has 2 aromatic rings. The van der Waals surface area contributed by atoms with Crippen LogP contribution in [0.5, 0.6) is 5.75 Å². The van der Waals surface area contributed by atoms with Crippen molar-refractivity contribution in [1.29, 1.82) is 0 Å². The van der Waals surface area contributed by atoms with Crippen LogP contribution in [0.4, 0.5) is 0 Å². The van der Waals surface area contributed by atoms with E-state index in [4.69, 9.17) is 4.74 Å². The van der Waals surface area contributed by atoms with Gasteiger partial charge in [-0.1, -0.05) is 65.1 Å². The molecule has 0 fully saturated rings. The molecule has 1 nitrogen and oxygen atoms in total. The average molecular weight is 324 g/mol. The minimum atomic E-state index is 0.393. The Morgan fingerprint density at radius 3 is 2.00 bits per heavy atom. The molecule has 0 aliphatic rings. The monoisotopic (exact) mass is 324 g/mol.